The number of anilines is 2. The summed E-state index contributed by atoms with van der Waals surface area (Å²) in [5.74, 6) is -0.418. The van der Waals surface area contributed by atoms with Gasteiger partial charge in [0.15, 0.2) is 0 Å². The summed E-state index contributed by atoms with van der Waals surface area (Å²) in [6.07, 6.45) is 5.08. The molecule has 2 aliphatic rings. The van der Waals surface area contributed by atoms with Gasteiger partial charge >= 0.3 is 6.03 Å². The van der Waals surface area contributed by atoms with Gasteiger partial charge in [-0.15, -0.1) is 0 Å². The molecule has 0 bridgehead atoms. The normalized spacial score (nSPS) is 19.7. The minimum atomic E-state index is -3.95. The maximum atomic E-state index is 13.3. The summed E-state index contributed by atoms with van der Waals surface area (Å²) in [7, 11) is -3.95. The van der Waals surface area contributed by atoms with E-state index < -0.39 is 22.0 Å². The Bertz CT molecular complexity index is 1070. The van der Waals surface area contributed by atoms with Crippen molar-refractivity contribution in [2.75, 3.05) is 10.2 Å². The highest BCUT2D eigenvalue weighted by molar-refractivity contribution is 7.89. The molecule has 1 saturated carbocycles. The van der Waals surface area contributed by atoms with Gasteiger partial charge in [-0.3, -0.25) is 9.69 Å². The number of hydrogen-bond donors (Lipinski definition) is 3. The molecular formula is C21H24N4O4S. The lowest BCUT2D eigenvalue weighted by Gasteiger charge is -2.38. The Labute approximate surface area is 175 Å². The van der Waals surface area contributed by atoms with Gasteiger partial charge < -0.3 is 10.6 Å². The summed E-state index contributed by atoms with van der Waals surface area (Å²) in [5.41, 5.74) is 1.32. The monoisotopic (exact) mass is 428 g/mol. The van der Waals surface area contributed by atoms with E-state index in [2.05, 4.69) is 10.6 Å². The number of fused-ring (bicyclic) bond motifs is 1. The third-order valence-electron chi connectivity index (χ3n) is 5.59. The van der Waals surface area contributed by atoms with Crippen LogP contribution in [0.2, 0.25) is 0 Å². The van der Waals surface area contributed by atoms with E-state index >= 15 is 0 Å². The van der Waals surface area contributed by atoms with Crippen molar-refractivity contribution in [1.29, 1.82) is 0 Å². The molecular weight excluding hydrogens is 404 g/mol. The van der Waals surface area contributed by atoms with Gasteiger partial charge in [0.2, 0.25) is 10.0 Å². The summed E-state index contributed by atoms with van der Waals surface area (Å²) in [6.45, 7) is 0. The van der Waals surface area contributed by atoms with Gasteiger partial charge in [0.05, 0.1) is 16.3 Å². The van der Waals surface area contributed by atoms with E-state index in [0.29, 0.717) is 11.3 Å². The fourth-order valence-corrected chi connectivity index (χ4v) is 4.65. The lowest BCUT2D eigenvalue weighted by atomic mass is 9.95. The third-order valence-corrected chi connectivity index (χ3v) is 6.50. The Morgan fingerprint density at radius 2 is 1.77 bits per heavy atom. The van der Waals surface area contributed by atoms with Crippen molar-refractivity contribution in [3.63, 3.8) is 0 Å². The van der Waals surface area contributed by atoms with Crippen LogP contribution in [0.25, 0.3) is 0 Å². The van der Waals surface area contributed by atoms with Crippen LogP contribution < -0.4 is 20.7 Å². The average Bonchev–Trinajstić information content (AvgIpc) is 2.73. The number of carbonyl (C=O) groups excluding carboxylic acids is 2. The minimum Gasteiger partial charge on any atom is -0.335 e. The van der Waals surface area contributed by atoms with Crippen molar-refractivity contribution < 1.29 is 18.0 Å². The molecule has 3 amide bonds. The third kappa shape index (κ3) is 4.03. The smallest absolute Gasteiger partial charge is 0.323 e. The summed E-state index contributed by atoms with van der Waals surface area (Å²) in [4.78, 5) is 27.6. The molecule has 9 heteroatoms. The molecule has 0 aromatic heterocycles. The predicted octanol–water partition coefficient (Wildman–Crippen LogP) is 2.88. The summed E-state index contributed by atoms with van der Waals surface area (Å²) < 4.78 is 23.5. The molecule has 4 rings (SSSR count). The number of nitrogens with zero attached hydrogens (tertiary/aromatic N) is 1. The first-order valence-corrected chi connectivity index (χ1v) is 11.5. The molecule has 1 aliphatic heterocycles. The Morgan fingerprint density at radius 3 is 2.43 bits per heavy atom. The van der Waals surface area contributed by atoms with Crippen molar-refractivity contribution in [3.05, 3.63) is 54.1 Å². The molecule has 1 aliphatic carbocycles. The van der Waals surface area contributed by atoms with Gasteiger partial charge in [-0.05, 0) is 36.6 Å². The fraction of sp³-hybridized carbons (Fsp3) is 0.333. The molecule has 0 saturated heterocycles. The average molecular weight is 429 g/mol. The van der Waals surface area contributed by atoms with Gasteiger partial charge in [0.1, 0.15) is 6.04 Å². The molecule has 158 valence electrons. The van der Waals surface area contributed by atoms with E-state index in [1.165, 1.54) is 23.1 Å². The summed E-state index contributed by atoms with van der Waals surface area (Å²) in [6, 6.07) is 12.0. The largest absolute Gasteiger partial charge is 0.335 e. The highest BCUT2D eigenvalue weighted by atomic mass is 32.2. The number of amides is 3. The zero-order valence-corrected chi connectivity index (χ0v) is 17.2. The van der Waals surface area contributed by atoms with Crippen LogP contribution in [-0.4, -0.2) is 26.4 Å². The first-order chi connectivity index (χ1) is 14.3. The number of benzene rings is 2. The maximum absolute atomic E-state index is 13.3. The van der Waals surface area contributed by atoms with Gasteiger partial charge in [0.25, 0.3) is 5.91 Å². The second-order valence-electron chi connectivity index (χ2n) is 7.68. The highest BCUT2D eigenvalue weighted by Crippen LogP contribution is 2.39. The molecule has 1 fully saturated rings. The molecule has 4 N–H and O–H groups in total. The Kier molecular flexibility index (Phi) is 5.48. The number of carbonyl (C=O) groups is 2. The molecule has 30 heavy (non-hydrogen) atoms. The number of primary sulfonamides is 1. The van der Waals surface area contributed by atoms with Crippen molar-refractivity contribution in [2.24, 2.45) is 5.14 Å². The van der Waals surface area contributed by atoms with Crippen LogP contribution in [0.5, 0.6) is 0 Å². The molecule has 8 nitrogen and oxygen atoms in total. The standard InChI is InChI=1S/C21H24N4O4S/c22-30(28,29)16-11-12-18-17(13-16)24-20(26)19(14-7-3-1-4-8-14)25(18)21(27)23-15-9-5-2-6-10-15/h1,3-4,7-8,11-13,15,19H,2,5-6,9-10H2,(H,23,27)(H,24,26)(H2,22,28,29). The fourth-order valence-electron chi connectivity index (χ4n) is 4.11. The van der Waals surface area contributed by atoms with E-state index in [4.69, 9.17) is 5.14 Å². The second kappa shape index (κ2) is 8.08. The van der Waals surface area contributed by atoms with Crippen LogP contribution in [0.4, 0.5) is 16.2 Å². The molecule has 1 unspecified atom stereocenters. The van der Waals surface area contributed by atoms with Crippen LogP contribution in [0.3, 0.4) is 0 Å². The molecule has 1 atom stereocenters. The quantitative estimate of drug-likeness (QED) is 0.696. The Morgan fingerprint density at radius 1 is 1.07 bits per heavy atom. The molecule has 2 aromatic rings. The first-order valence-electron chi connectivity index (χ1n) is 9.97. The molecule has 2 aromatic carbocycles. The van der Waals surface area contributed by atoms with Crippen LogP contribution in [0.1, 0.15) is 43.7 Å². The topological polar surface area (TPSA) is 122 Å². The Hall–Kier alpha value is -2.91. The van der Waals surface area contributed by atoms with Crippen LogP contribution in [-0.2, 0) is 14.8 Å². The van der Waals surface area contributed by atoms with E-state index in [1.807, 2.05) is 6.07 Å². The predicted molar refractivity (Wildman–Crippen MR) is 114 cm³/mol. The lowest BCUT2D eigenvalue weighted by Crippen LogP contribution is -2.52. The van der Waals surface area contributed by atoms with Crippen LogP contribution in [0.15, 0.2) is 53.4 Å². The number of nitrogens with two attached hydrogens (primary N) is 1. The molecule has 1 heterocycles. The van der Waals surface area contributed by atoms with Gasteiger partial charge in [-0.2, -0.15) is 0 Å². The molecule has 0 spiro atoms. The summed E-state index contributed by atoms with van der Waals surface area (Å²) >= 11 is 0. The Balaban J connectivity index is 1.76. The van der Waals surface area contributed by atoms with E-state index in [1.54, 1.807) is 24.3 Å². The van der Waals surface area contributed by atoms with Gasteiger partial charge in [-0.25, -0.2) is 18.4 Å². The summed E-state index contributed by atoms with van der Waals surface area (Å²) in [5, 5.41) is 11.0. The van der Waals surface area contributed by atoms with Crippen molar-refractivity contribution in [2.45, 2.75) is 49.1 Å². The van der Waals surface area contributed by atoms with Crippen LogP contribution in [0, 0.1) is 0 Å². The van der Waals surface area contributed by atoms with Crippen molar-refractivity contribution in [3.8, 4) is 0 Å². The zero-order valence-electron chi connectivity index (χ0n) is 16.4. The number of urea groups is 1. The van der Waals surface area contributed by atoms with Crippen molar-refractivity contribution in [1.82, 2.24) is 5.32 Å². The van der Waals surface area contributed by atoms with E-state index in [-0.39, 0.29) is 22.7 Å². The van der Waals surface area contributed by atoms with Gasteiger partial charge in [-0.1, -0.05) is 49.6 Å². The van der Waals surface area contributed by atoms with E-state index in [0.717, 1.165) is 32.1 Å². The SMILES string of the molecule is NS(=O)(=O)c1ccc2c(c1)NC(=O)C(c1ccccc1)N2C(=O)NC1CCCCC1. The minimum absolute atomic E-state index is 0.0554. The number of hydrogen-bond acceptors (Lipinski definition) is 4. The van der Waals surface area contributed by atoms with Gasteiger partial charge in [0, 0.05) is 6.04 Å². The second-order valence-corrected chi connectivity index (χ2v) is 9.24. The first kappa shape index (κ1) is 20.4. The number of sulfonamides is 1. The van der Waals surface area contributed by atoms with Crippen molar-refractivity contribution >= 4 is 33.3 Å². The lowest BCUT2D eigenvalue weighted by molar-refractivity contribution is -0.117. The van der Waals surface area contributed by atoms with E-state index in [9.17, 15) is 18.0 Å². The van der Waals surface area contributed by atoms with Crippen LogP contribution >= 0.6 is 0 Å². The maximum Gasteiger partial charge on any atom is 0.323 e. The number of rotatable bonds is 3. The highest BCUT2D eigenvalue weighted by Gasteiger charge is 2.39. The number of nitrogens with one attached hydrogen (secondary N) is 2. The molecule has 0 radical (unpaired) electrons. The zero-order chi connectivity index (χ0) is 21.3.